The zero-order chi connectivity index (χ0) is 21.2. The first-order valence-corrected chi connectivity index (χ1v) is 9.76. The summed E-state index contributed by atoms with van der Waals surface area (Å²) in [5.41, 5.74) is 2.36. The van der Waals surface area contributed by atoms with Gasteiger partial charge >= 0.3 is 6.03 Å². The molecular formula is C23H25N3O4. The summed E-state index contributed by atoms with van der Waals surface area (Å²) in [6.45, 7) is 2.78. The standard InChI is InChI=1S/C23H25N3O4/c1-17-6-2-3-8-21(17)30-15-5-9-22(27)25-18-10-12-19(13-11-18)26-23(28)24-16-20-7-4-14-29-20/h2-4,6-8,10-14H,5,9,15-16H2,1H3,(H,25,27)(H2,24,26,28). The molecule has 7 heteroatoms. The van der Waals surface area contributed by atoms with Gasteiger partial charge in [0.2, 0.25) is 5.91 Å². The van der Waals surface area contributed by atoms with Crippen molar-refractivity contribution >= 4 is 23.3 Å². The average Bonchev–Trinajstić information content (AvgIpc) is 3.26. The van der Waals surface area contributed by atoms with Crippen LogP contribution in [0.4, 0.5) is 16.2 Å². The number of hydrogen-bond donors (Lipinski definition) is 3. The van der Waals surface area contributed by atoms with E-state index in [4.69, 9.17) is 9.15 Å². The molecule has 3 amide bonds. The molecule has 0 spiro atoms. The quantitative estimate of drug-likeness (QED) is 0.448. The Morgan fingerprint density at radius 2 is 1.67 bits per heavy atom. The van der Waals surface area contributed by atoms with Gasteiger partial charge in [-0.05, 0) is 61.4 Å². The number of para-hydroxylation sites is 1. The monoisotopic (exact) mass is 407 g/mol. The number of aryl methyl sites for hydroxylation is 1. The van der Waals surface area contributed by atoms with E-state index in [9.17, 15) is 9.59 Å². The van der Waals surface area contributed by atoms with Gasteiger partial charge in [-0.1, -0.05) is 18.2 Å². The molecule has 0 aliphatic carbocycles. The first-order valence-electron chi connectivity index (χ1n) is 9.76. The third-order valence-corrected chi connectivity index (χ3v) is 4.33. The Bertz CT molecular complexity index is 953. The molecule has 0 radical (unpaired) electrons. The van der Waals surface area contributed by atoms with Crippen LogP contribution >= 0.6 is 0 Å². The van der Waals surface area contributed by atoms with Crippen molar-refractivity contribution in [2.45, 2.75) is 26.3 Å². The maximum Gasteiger partial charge on any atom is 0.319 e. The van der Waals surface area contributed by atoms with Crippen LogP contribution in [-0.4, -0.2) is 18.5 Å². The van der Waals surface area contributed by atoms with Crippen molar-refractivity contribution < 1.29 is 18.7 Å². The highest BCUT2D eigenvalue weighted by Gasteiger charge is 2.06. The topological polar surface area (TPSA) is 92.6 Å². The maximum absolute atomic E-state index is 12.1. The number of urea groups is 1. The normalized spacial score (nSPS) is 10.3. The summed E-state index contributed by atoms with van der Waals surface area (Å²) in [5, 5.41) is 8.27. The van der Waals surface area contributed by atoms with E-state index in [0.29, 0.717) is 43.1 Å². The summed E-state index contributed by atoms with van der Waals surface area (Å²) < 4.78 is 10.9. The van der Waals surface area contributed by atoms with Crippen LogP contribution < -0.4 is 20.7 Å². The lowest BCUT2D eigenvalue weighted by Crippen LogP contribution is -2.27. The Hall–Kier alpha value is -3.74. The molecular weight excluding hydrogens is 382 g/mol. The molecule has 3 rings (SSSR count). The SMILES string of the molecule is Cc1ccccc1OCCCC(=O)Nc1ccc(NC(=O)NCc2ccco2)cc1. The molecule has 0 aliphatic rings. The number of nitrogens with one attached hydrogen (secondary N) is 3. The second kappa shape index (κ2) is 10.7. The fourth-order valence-corrected chi connectivity index (χ4v) is 2.75. The zero-order valence-corrected chi connectivity index (χ0v) is 16.8. The van der Waals surface area contributed by atoms with E-state index in [-0.39, 0.29) is 11.9 Å². The first kappa shape index (κ1) is 21.0. The van der Waals surface area contributed by atoms with Gasteiger partial charge in [-0.2, -0.15) is 0 Å². The van der Waals surface area contributed by atoms with Crippen LogP contribution in [0.25, 0.3) is 0 Å². The highest BCUT2D eigenvalue weighted by molar-refractivity contribution is 5.92. The molecule has 30 heavy (non-hydrogen) atoms. The Balaban J connectivity index is 1.35. The number of anilines is 2. The van der Waals surface area contributed by atoms with Gasteiger partial charge in [-0.25, -0.2) is 4.79 Å². The molecule has 0 saturated heterocycles. The van der Waals surface area contributed by atoms with Crippen molar-refractivity contribution in [1.29, 1.82) is 0 Å². The number of benzene rings is 2. The molecule has 0 atom stereocenters. The smallest absolute Gasteiger partial charge is 0.319 e. The molecule has 0 fully saturated rings. The van der Waals surface area contributed by atoms with Gasteiger partial charge in [-0.3, -0.25) is 4.79 Å². The molecule has 1 aromatic heterocycles. The number of furan rings is 1. The number of ether oxygens (including phenoxy) is 1. The largest absolute Gasteiger partial charge is 0.493 e. The Kier molecular flexibility index (Phi) is 7.49. The molecule has 156 valence electrons. The highest BCUT2D eigenvalue weighted by atomic mass is 16.5. The fraction of sp³-hybridized carbons (Fsp3) is 0.217. The summed E-state index contributed by atoms with van der Waals surface area (Å²) in [6.07, 6.45) is 2.54. The second-order valence-corrected chi connectivity index (χ2v) is 6.73. The van der Waals surface area contributed by atoms with E-state index in [1.54, 1.807) is 42.7 Å². The molecule has 1 heterocycles. The Morgan fingerprint density at radius 3 is 2.37 bits per heavy atom. The number of rotatable bonds is 9. The van der Waals surface area contributed by atoms with E-state index in [1.807, 2.05) is 31.2 Å². The van der Waals surface area contributed by atoms with Gasteiger partial charge in [0.05, 0.1) is 19.4 Å². The van der Waals surface area contributed by atoms with Crippen LogP contribution in [0.15, 0.2) is 71.3 Å². The highest BCUT2D eigenvalue weighted by Crippen LogP contribution is 2.17. The van der Waals surface area contributed by atoms with Gasteiger partial charge in [0, 0.05) is 17.8 Å². The van der Waals surface area contributed by atoms with Gasteiger partial charge in [0.1, 0.15) is 11.5 Å². The van der Waals surface area contributed by atoms with E-state index in [1.165, 1.54) is 0 Å². The lowest BCUT2D eigenvalue weighted by Gasteiger charge is -2.10. The molecule has 0 unspecified atom stereocenters. The van der Waals surface area contributed by atoms with Crippen molar-refractivity contribution in [1.82, 2.24) is 5.32 Å². The van der Waals surface area contributed by atoms with Gasteiger partial charge < -0.3 is 25.1 Å². The number of hydrogen-bond acceptors (Lipinski definition) is 4. The third kappa shape index (κ3) is 6.70. The minimum atomic E-state index is -0.336. The summed E-state index contributed by atoms with van der Waals surface area (Å²) in [5.74, 6) is 1.43. The first-order chi connectivity index (χ1) is 14.6. The number of carbonyl (C=O) groups excluding carboxylic acids is 2. The fourth-order valence-electron chi connectivity index (χ4n) is 2.75. The molecule has 3 N–H and O–H groups in total. The minimum Gasteiger partial charge on any atom is -0.493 e. The lowest BCUT2D eigenvalue weighted by atomic mass is 10.2. The zero-order valence-electron chi connectivity index (χ0n) is 16.8. The second-order valence-electron chi connectivity index (χ2n) is 6.73. The van der Waals surface area contributed by atoms with Gasteiger partial charge in [-0.15, -0.1) is 0 Å². The molecule has 0 bridgehead atoms. The molecule has 3 aromatic rings. The van der Waals surface area contributed by atoms with Gasteiger partial charge in [0.15, 0.2) is 0 Å². The van der Waals surface area contributed by atoms with Crippen molar-refractivity contribution in [3.63, 3.8) is 0 Å². The van der Waals surface area contributed by atoms with Gasteiger partial charge in [0.25, 0.3) is 0 Å². The van der Waals surface area contributed by atoms with Crippen LogP contribution in [0, 0.1) is 6.92 Å². The molecule has 7 nitrogen and oxygen atoms in total. The van der Waals surface area contributed by atoms with Crippen molar-refractivity contribution in [2.24, 2.45) is 0 Å². The van der Waals surface area contributed by atoms with Crippen molar-refractivity contribution in [2.75, 3.05) is 17.2 Å². The van der Waals surface area contributed by atoms with Crippen LogP contribution in [-0.2, 0) is 11.3 Å². The van der Waals surface area contributed by atoms with Crippen LogP contribution in [0.5, 0.6) is 5.75 Å². The van der Waals surface area contributed by atoms with Crippen molar-refractivity contribution in [3.05, 3.63) is 78.3 Å². The van der Waals surface area contributed by atoms with E-state index in [2.05, 4.69) is 16.0 Å². The summed E-state index contributed by atoms with van der Waals surface area (Å²) >= 11 is 0. The summed E-state index contributed by atoms with van der Waals surface area (Å²) in [7, 11) is 0. The Labute approximate surface area is 175 Å². The van der Waals surface area contributed by atoms with Crippen molar-refractivity contribution in [3.8, 4) is 5.75 Å². The number of carbonyl (C=O) groups is 2. The predicted molar refractivity (Wildman–Crippen MR) is 116 cm³/mol. The third-order valence-electron chi connectivity index (χ3n) is 4.33. The minimum absolute atomic E-state index is 0.0831. The maximum atomic E-state index is 12.1. The molecule has 0 saturated carbocycles. The van der Waals surface area contributed by atoms with E-state index >= 15 is 0 Å². The number of amides is 3. The lowest BCUT2D eigenvalue weighted by molar-refractivity contribution is -0.116. The van der Waals surface area contributed by atoms with E-state index < -0.39 is 0 Å². The van der Waals surface area contributed by atoms with Crippen LogP contribution in [0.2, 0.25) is 0 Å². The molecule has 0 aliphatic heterocycles. The molecule has 2 aromatic carbocycles. The van der Waals surface area contributed by atoms with Crippen LogP contribution in [0.1, 0.15) is 24.2 Å². The van der Waals surface area contributed by atoms with E-state index in [0.717, 1.165) is 11.3 Å². The summed E-state index contributed by atoms with van der Waals surface area (Å²) in [6, 6.07) is 17.9. The van der Waals surface area contributed by atoms with Crippen LogP contribution in [0.3, 0.4) is 0 Å². The Morgan fingerprint density at radius 1 is 0.933 bits per heavy atom. The predicted octanol–water partition coefficient (Wildman–Crippen LogP) is 4.71. The summed E-state index contributed by atoms with van der Waals surface area (Å²) in [4.78, 5) is 24.0. The average molecular weight is 407 g/mol.